The lowest BCUT2D eigenvalue weighted by atomic mass is 9.93. The van der Waals surface area contributed by atoms with Crippen molar-refractivity contribution in [2.45, 2.75) is 20.3 Å². The topological polar surface area (TPSA) is 46.3 Å². The van der Waals surface area contributed by atoms with Gasteiger partial charge in [0.1, 0.15) is 0 Å². The SMILES string of the molecule is CCN1CC(C(C)CN)CC1=O. The van der Waals surface area contributed by atoms with E-state index in [0.29, 0.717) is 30.7 Å². The van der Waals surface area contributed by atoms with E-state index in [0.717, 1.165) is 13.1 Å². The van der Waals surface area contributed by atoms with Gasteiger partial charge in [0.15, 0.2) is 0 Å². The molecule has 1 saturated heterocycles. The number of likely N-dealkylation sites (tertiary alicyclic amines) is 1. The Morgan fingerprint density at radius 1 is 1.75 bits per heavy atom. The van der Waals surface area contributed by atoms with Gasteiger partial charge in [-0.1, -0.05) is 6.92 Å². The molecular weight excluding hydrogens is 152 g/mol. The predicted octanol–water partition coefficient (Wildman–Crippen LogP) is 0.450. The highest BCUT2D eigenvalue weighted by Gasteiger charge is 2.31. The van der Waals surface area contributed by atoms with Crippen LogP contribution in [0.1, 0.15) is 20.3 Å². The Labute approximate surface area is 73.9 Å². The lowest BCUT2D eigenvalue weighted by Gasteiger charge is -2.17. The van der Waals surface area contributed by atoms with Crippen molar-refractivity contribution in [2.24, 2.45) is 17.6 Å². The highest BCUT2D eigenvalue weighted by molar-refractivity contribution is 5.78. The maximum atomic E-state index is 11.3. The van der Waals surface area contributed by atoms with Crippen molar-refractivity contribution >= 4 is 5.91 Å². The third-order valence-electron chi connectivity index (χ3n) is 2.80. The summed E-state index contributed by atoms with van der Waals surface area (Å²) in [6, 6.07) is 0. The van der Waals surface area contributed by atoms with Crippen LogP contribution in [0.4, 0.5) is 0 Å². The highest BCUT2D eigenvalue weighted by Crippen LogP contribution is 2.23. The molecule has 3 nitrogen and oxygen atoms in total. The van der Waals surface area contributed by atoms with E-state index in [1.165, 1.54) is 0 Å². The molecule has 0 saturated carbocycles. The molecule has 0 radical (unpaired) electrons. The summed E-state index contributed by atoms with van der Waals surface area (Å²) in [5.41, 5.74) is 5.55. The summed E-state index contributed by atoms with van der Waals surface area (Å²) in [5, 5.41) is 0. The average Bonchev–Trinajstić information content (AvgIpc) is 2.45. The first-order chi connectivity index (χ1) is 5.69. The van der Waals surface area contributed by atoms with E-state index in [-0.39, 0.29) is 0 Å². The van der Waals surface area contributed by atoms with E-state index in [9.17, 15) is 4.79 Å². The molecule has 1 aliphatic heterocycles. The number of carbonyl (C=O) groups excluding carboxylic acids is 1. The number of rotatable bonds is 3. The second-order valence-electron chi connectivity index (χ2n) is 3.61. The first-order valence-corrected chi connectivity index (χ1v) is 4.66. The van der Waals surface area contributed by atoms with Gasteiger partial charge in [0, 0.05) is 19.5 Å². The van der Waals surface area contributed by atoms with Crippen LogP contribution in [0.15, 0.2) is 0 Å². The Hall–Kier alpha value is -0.570. The van der Waals surface area contributed by atoms with E-state index in [1.807, 2.05) is 11.8 Å². The van der Waals surface area contributed by atoms with Gasteiger partial charge in [0.25, 0.3) is 0 Å². The summed E-state index contributed by atoms with van der Waals surface area (Å²) in [6.07, 6.45) is 0.701. The molecule has 0 spiro atoms. The van der Waals surface area contributed by atoms with Crippen LogP contribution in [0.2, 0.25) is 0 Å². The molecule has 3 heteroatoms. The van der Waals surface area contributed by atoms with Crippen molar-refractivity contribution in [2.75, 3.05) is 19.6 Å². The summed E-state index contributed by atoms with van der Waals surface area (Å²) in [4.78, 5) is 13.2. The van der Waals surface area contributed by atoms with Crippen LogP contribution < -0.4 is 5.73 Å². The molecule has 1 heterocycles. The predicted molar refractivity (Wildman–Crippen MR) is 48.6 cm³/mol. The van der Waals surface area contributed by atoms with Crippen LogP contribution >= 0.6 is 0 Å². The minimum atomic E-state index is 0.294. The van der Waals surface area contributed by atoms with Crippen molar-refractivity contribution in [3.8, 4) is 0 Å². The Bertz CT molecular complexity index is 170. The lowest BCUT2D eigenvalue weighted by molar-refractivity contribution is -0.127. The monoisotopic (exact) mass is 170 g/mol. The molecule has 0 aromatic rings. The number of amides is 1. The van der Waals surface area contributed by atoms with Crippen LogP contribution in [-0.4, -0.2) is 30.4 Å². The third-order valence-corrected chi connectivity index (χ3v) is 2.80. The smallest absolute Gasteiger partial charge is 0.222 e. The second-order valence-corrected chi connectivity index (χ2v) is 3.61. The van der Waals surface area contributed by atoms with Crippen LogP contribution in [0.5, 0.6) is 0 Å². The van der Waals surface area contributed by atoms with Crippen LogP contribution in [0.25, 0.3) is 0 Å². The number of hydrogen-bond acceptors (Lipinski definition) is 2. The molecule has 1 amide bonds. The molecule has 1 aliphatic rings. The Kier molecular flexibility index (Phi) is 3.09. The fourth-order valence-electron chi connectivity index (χ4n) is 1.68. The first-order valence-electron chi connectivity index (χ1n) is 4.66. The normalized spacial score (nSPS) is 26.4. The molecule has 70 valence electrons. The molecule has 0 aromatic carbocycles. The summed E-state index contributed by atoms with van der Waals surface area (Å²) in [5.74, 6) is 1.26. The first kappa shape index (κ1) is 9.52. The molecule has 12 heavy (non-hydrogen) atoms. The Balaban J connectivity index is 2.48. The molecule has 1 fully saturated rings. The van der Waals surface area contributed by atoms with Gasteiger partial charge in [-0.25, -0.2) is 0 Å². The second kappa shape index (κ2) is 3.90. The van der Waals surface area contributed by atoms with Crippen LogP contribution in [0, 0.1) is 11.8 Å². The van der Waals surface area contributed by atoms with Gasteiger partial charge in [-0.3, -0.25) is 4.79 Å². The molecule has 2 N–H and O–H groups in total. The molecule has 0 aromatic heterocycles. The van der Waals surface area contributed by atoms with Crippen molar-refractivity contribution in [3.63, 3.8) is 0 Å². The zero-order chi connectivity index (χ0) is 9.14. The molecule has 1 rings (SSSR count). The summed E-state index contributed by atoms with van der Waals surface area (Å²) >= 11 is 0. The number of hydrogen-bond donors (Lipinski definition) is 1. The largest absolute Gasteiger partial charge is 0.343 e. The van der Waals surface area contributed by atoms with Gasteiger partial charge in [-0.2, -0.15) is 0 Å². The summed E-state index contributed by atoms with van der Waals surface area (Å²) in [7, 11) is 0. The Morgan fingerprint density at radius 3 is 2.83 bits per heavy atom. The van der Waals surface area contributed by atoms with E-state index >= 15 is 0 Å². The van der Waals surface area contributed by atoms with Crippen molar-refractivity contribution in [1.29, 1.82) is 0 Å². The maximum Gasteiger partial charge on any atom is 0.222 e. The van der Waals surface area contributed by atoms with Gasteiger partial charge < -0.3 is 10.6 Å². The fraction of sp³-hybridized carbons (Fsp3) is 0.889. The minimum Gasteiger partial charge on any atom is -0.343 e. The molecule has 0 bridgehead atoms. The molecule has 2 unspecified atom stereocenters. The van der Waals surface area contributed by atoms with Crippen molar-refractivity contribution < 1.29 is 4.79 Å². The summed E-state index contributed by atoms with van der Waals surface area (Å²) < 4.78 is 0. The van der Waals surface area contributed by atoms with Crippen LogP contribution in [0.3, 0.4) is 0 Å². The zero-order valence-electron chi connectivity index (χ0n) is 7.92. The number of carbonyl (C=O) groups is 1. The van der Waals surface area contributed by atoms with Crippen molar-refractivity contribution in [1.82, 2.24) is 4.90 Å². The Morgan fingerprint density at radius 2 is 2.42 bits per heavy atom. The van der Waals surface area contributed by atoms with E-state index in [2.05, 4.69) is 6.92 Å². The fourth-order valence-corrected chi connectivity index (χ4v) is 1.68. The average molecular weight is 170 g/mol. The van der Waals surface area contributed by atoms with Gasteiger partial charge in [-0.15, -0.1) is 0 Å². The molecular formula is C9H18N2O. The quantitative estimate of drug-likeness (QED) is 0.668. The van der Waals surface area contributed by atoms with E-state index in [1.54, 1.807) is 0 Å². The summed E-state index contributed by atoms with van der Waals surface area (Å²) in [6.45, 7) is 6.58. The zero-order valence-corrected chi connectivity index (χ0v) is 7.92. The molecule has 2 atom stereocenters. The van der Waals surface area contributed by atoms with E-state index in [4.69, 9.17) is 5.73 Å². The van der Waals surface area contributed by atoms with Gasteiger partial charge in [0.2, 0.25) is 5.91 Å². The standard InChI is InChI=1S/C9H18N2O/c1-3-11-6-8(4-9(11)12)7(2)5-10/h7-8H,3-6,10H2,1-2H3. The van der Waals surface area contributed by atoms with Crippen molar-refractivity contribution in [3.05, 3.63) is 0 Å². The minimum absolute atomic E-state index is 0.294. The highest BCUT2D eigenvalue weighted by atomic mass is 16.2. The van der Waals surface area contributed by atoms with Gasteiger partial charge >= 0.3 is 0 Å². The number of nitrogens with zero attached hydrogens (tertiary/aromatic N) is 1. The van der Waals surface area contributed by atoms with Crippen LogP contribution in [-0.2, 0) is 4.79 Å². The maximum absolute atomic E-state index is 11.3. The van der Waals surface area contributed by atoms with Gasteiger partial charge in [-0.05, 0) is 25.3 Å². The lowest BCUT2D eigenvalue weighted by Crippen LogP contribution is -2.26. The van der Waals surface area contributed by atoms with E-state index < -0.39 is 0 Å². The third kappa shape index (κ3) is 1.78. The molecule has 0 aliphatic carbocycles. The number of nitrogens with two attached hydrogens (primary N) is 1. The van der Waals surface area contributed by atoms with Gasteiger partial charge in [0.05, 0.1) is 0 Å².